The first-order chi connectivity index (χ1) is 20.1. The Morgan fingerprint density at radius 2 is 1.26 bits per heavy atom. The van der Waals surface area contributed by atoms with Gasteiger partial charge in [-0.15, -0.1) is 10.2 Å². The molecular formula is C30H36F2N10. The highest BCUT2D eigenvalue weighted by molar-refractivity contribution is 5.78. The molecule has 0 saturated heterocycles. The first kappa shape index (κ1) is 28.9. The van der Waals surface area contributed by atoms with Gasteiger partial charge in [0.25, 0.3) is 0 Å². The molecule has 0 saturated carbocycles. The lowest BCUT2D eigenvalue weighted by Crippen LogP contribution is -2.39. The van der Waals surface area contributed by atoms with E-state index in [0.29, 0.717) is 63.8 Å². The largest absolute Gasteiger partial charge is 0.370 e. The van der Waals surface area contributed by atoms with Gasteiger partial charge < -0.3 is 30.7 Å². The van der Waals surface area contributed by atoms with Crippen LogP contribution in [0.15, 0.2) is 48.6 Å². The Morgan fingerprint density at radius 3 is 1.60 bits per heavy atom. The molecule has 0 aliphatic carbocycles. The number of benzene rings is 2. The number of hydrogen-bond donors (Lipinski definition) is 4. The minimum atomic E-state index is -0.438. The second kappa shape index (κ2) is 12.1. The minimum Gasteiger partial charge on any atom is -0.370 e. The first-order valence-electron chi connectivity index (χ1n) is 13.9. The summed E-state index contributed by atoms with van der Waals surface area (Å²) in [4.78, 5) is 5.50. The monoisotopic (exact) mass is 574 g/mol. The number of nitrogens with zero attached hydrogens (tertiary/aromatic N) is 6. The summed E-state index contributed by atoms with van der Waals surface area (Å²) in [6.45, 7) is 3.28. The third-order valence-corrected chi connectivity index (χ3v) is 7.78. The van der Waals surface area contributed by atoms with Crippen LogP contribution in [0.4, 0.5) is 8.78 Å². The molecule has 220 valence electrons. The highest BCUT2D eigenvalue weighted by Gasteiger charge is 2.23. The second-order valence-electron chi connectivity index (χ2n) is 10.8. The predicted octanol–water partition coefficient (Wildman–Crippen LogP) is 3.42. The van der Waals surface area contributed by atoms with Gasteiger partial charge in [0.1, 0.15) is 11.6 Å². The van der Waals surface area contributed by atoms with E-state index in [-0.39, 0.29) is 23.0 Å². The van der Waals surface area contributed by atoms with Crippen LogP contribution >= 0.6 is 0 Å². The van der Waals surface area contributed by atoms with Gasteiger partial charge in [-0.1, -0.05) is 24.3 Å². The first-order valence-corrected chi connectivity index (χ1v) is 13.9. The summed E-state index contributed by atoms with van der Waals surface area (Å²) in [7, 11) is 3.87. The van der Waals surface area contributed by atoms with Crippen molar-refractivity contribution in [3.63, 3.8) is 0 Å². The lowest BCUT2D eigenvalue weighted by atomic mass is 9.97. The van der Waals surface area contributed by atoms with Gasteiger partial charge in [0.2, 0.25) is 0 Å². The molecule has 0 radical (unpaired) electrons. The highest BCUT2D eigenvalue weighted by Crippen LogP contribution is 2.32. The molecule has 2 aromatic carbocycles. The quantitative estimate of drug-likeness (QED) is 0.250. The molecule has 0 unspecified atom stereocenters. The van der Waals surface area contributed by atoms with E-state index in [1.165, 1.54) is 12.1 Å². The van der Waals surface area contributed by atoms with Crippen LogP contribution in [0.1, 0.15) is 24.0 Å². The van der Waals surface area contributed by atoms with Crippen LogP contribution in [-0.2, 0) is 6.54 Å². The summed E-state index contributed by atoms with van der Waals surface area (Å²) in [5.74, 6) is -0.159. The van der Waals surface area contributed by atoms with E-state index in [1.807, 2.05) is 43.3 Å². The van der Waals surface area contributed by atoms with Crippen LogP contribution in [0.3, 0.4) is 0 Å². The number of nitrogens with two attached hydrogens (primary N) is 2. The molecule has 0 atom stereocenters. The molecule has 5 rings (SSSR count). The molecule has 3 aromatic rings. The molecule has 0 bridgehead atoms. The highest BCUT2D eigenvalue weighted by atomic mass is 19.1. The zero-order valence-corrected chi connectivity index (χ0v) is 23.9. The average Bonchev–Trinajstić information content (AvgIpc) is 3.39. The van der Waals surface area contributed by atoms with Crippen molar-refractivity contribution in [3.05, 3.63) is 71.3 Å². The van der Waals surface area contributed by atoms with Gasteiger partial charge in [0, 0.05) is 39.3 Å². The van der Waals surface area contributed by atoms with Crippen molar-refractivity contribution >= 4 is 23.1 Å². The Morgan fingerprint density at radius 1 is 0.810 bits per heavy atom. The van der Waals surface area contributed by atoms with Crippen LogP contribution in [0.2, 0.25) is 0 Å². The molecular weight excluding hydrogens is 538 g/mol. The zero-order valence-electron chi connectivity index (χ0n) is 23.9. The molecule has 3 heterocycles. The number of guanidine groups is 2. The van der Waals surface area contributed by atoms with Gasteiger partial charge in [-0.2, -0.15) is 0 Å². The molecule has 2 aliphatic rings. The van der Waals surface area contributed by atoms with E-state index in [4.69, 9.17) is 22.3 Å². The van der Waals surface area contributed by atoms with Crippen LogP contribution in [-0.4, -0.2) is 88.2 Å². The number of nitrogens with one attached hydrogen (secondary N) is 2. The zero-order chi connectivity index (χ0) is 30.0. The maximum absolute atomic E-state index is 15.6. The Hall–Kier alpha value is -4.58. The normalized spacial score (nSPS) is 15.5. The molecule has 1 aromatic heterocycles. The van der Waals surface area contributed by atoms with Gasteiger partial charge in [0.05, 0.1) is 11.1 Å². The number of halogens is 2. The van der Waals surface area contributed by atoms with Crippen molar-refractivity contribution in [2.24, 2.45) is 11.5 Å². The Bertz CT molecular complexity index is 1460. The lowest BCUT2D eigenvalue weighted by molar-refractivity contribution is 0.385. The summed E-state index contributed by atoms with van der Waals surface area (Å²) in [6.07, 6.45) is 5.24. The van der Waals surface area contributed by atoms with E-state index in [9.17, 15) is 0 Å². The second-order valence-corrected chi connectivity index (χ2v) is 10.8. The van der Waals surface area contributed by atoms with E-state index in [2.05, 4.69) is 10.2 Å². The fourth-order valence-electron chi connectivity index (χ4n) is 5.31. The maximum Gasteiger partial charge on any atom is 0.188 e. The van der Waals surface area contributed by atoms with E-state index < -0.39 is 11.6 Å². The summed E-state index contributed by atoms with van der Waals surface area (Å²) in [5.41, 5.74) is 15.3. The van der Waals surface area contributed by atoms with E-state index in [1.54, 1.807) is 26.5 Å². The number of rotatable bonds is 7. The Kier molecular flexibility index (Phi) is 8.34. The van der Waals surface area contributed by atoms with Crippen molar-refractivity contribution < 1.29 is 8.78 Å². The Labute approximate surface area is 243 Å². The van der Waals surface area contributed by atoms with Crippen LogP contribution in [0, 0.1) is 22.5 Å². The fraction of sp³-hybridized carbons (Fsp3) is 0.333. The van der Waals surface area contributed by atoms with Crippen molar-refractivity contribution in [3.8, 4) is 22.8 Å². The van der Waals surface area contributed by atoms with Crippen molar-refractivity contribution in [2.75, 3.05) is 46.8 Å². The molecule has 10 nitrogen and oxygen atoms in total. The predicted molar refractivity (Wildman–Crippen MR) is 162 cm³/mol. The van der Waals surface area contributed by atoms with Crippen molar-refractivity contribution in [1.29, 1.82) is 10.8 Å². The third-order valence-electron chi connectivity index (χ3n) is 7.78. The smallest absolute Gasteiger partial charge is 0.188 e. The number of hydrogen-bond acceptors (Lipinski definition) is 5. The minimum absolute atomic E-state index is 0.0258. The number of likely N-dealkylation sites (N-methyl/N-ethyl adjacent to an activating group) is 1. The maximum atomic E-state index is 15.6. The number of aromatic nitrogens is 3. The summed E-state index contributed by atoms with van der Waals surface area (Å²) in [5, 5.41) is 23.9. The average molecular weight is 575 g/mol. The Balaban J connectivity index is 1.46. The topological polar surface area (TPSA) is 140 Å². The van der Waals surface area contributed by atoms with Crippen LogP contribution < -0.4 is 11.5 Å². The summed E-state index contributed by atoms with van der Waals surface area (Å²) >= 11 is 0. The van der Waals surface area contributed by atoms with Gasteiger partial charge in [0.15, 0.2) is 23.6 Å². The van der Waals surface area contributed by atoms with Crippen molar-refractivity contribution in [1.82, 2.24) is 29.5 Å². The molecule has 2 aliphatic heterocycles. The van der Waals surface area contributed by atoms with Crippen molar-refractivity contribution in [2.45, 2.75) is 19.4 Å². The summed E-state index contributed by atoms with van der Waals surface area (Å²) < 4.78 is 33.0. The van der Waals surface area contributed by atoms with Crippen LogP contribution in [0.5, 0.6) is 0 Å². The molecule has 0 fully saturated rings. The molecule has 0 spiro atoms. The van der Waals surface area contributed by atoms with E-state index >= 15 is 8.78 Å². The van der Waals surface area contributed by atoms with Gasteiger partial charge in [-0.25, -0.2) is 8.78 Å². The van der Waals surface area contributed by atoms with Gasteiger partial charge >= 0.3 is 0 Å². The molecule has 0 amide bonds. The van der Waals surface area contributed by atoms with E-state index in [0.717, 1.165) is 22.3 Å². The molecule has 42 heavy (non-hydrogen) atoms. The summed E-state index contributed by atoms with van der Waals surface area (Å²) in [6, 6.07) is 10.1. The molecule has 12 heteroatoms. The SMILES string of the molecule is CN(C)CCn1c(-c2ccc(C3=CCN(C(=N)N)CC3)cc2F)nnc1-c1ccc(C2=CCN(C(=N)N)CC2)cc1F. The third kappa shape index (κ3) is 6.03. The fourth-order valence-corrected chi connectivity index (χ4v) is 5.31. The van der Waals surface area contributed by atoms with Crippen LogP contribution in [0.25, 0.3) is 33.9 Å². The van der Waals surface area contributed by atoms with Gasteiger partial charge in [-0.05, 0) is 73.5 Å². The lowest BCUT2D eigenvalue weighted by Gasteiger charge is -2.26. The standard InChI is InChI=1S/C30H36F2N10/c1-39(2)15-16-42-27(23-5-3-21(17-25(23)31)19-7-11-40(12-8-19)29(33)34)37-38-28(42)24-6-4-22(18-26(24)32)20-9-13-41(14-10-20)30(35)36/h3-7,9,17-18H,8,10-16H2,1-2H3,(H3,33,34)(H3,35,36). The molecule has 6 N–H and O–H groups in total. The van der Waals surface area contributed by atoms with Gasteiger partial charge in [-0.3, -0.25) is 10.8 Å².